The van der Waals surface area contributed by atoms with Crippen molar-refractivity contribution in [3.63, 3.8) is 0 Å². The van der Waals surface area contributed by atoms with Gasteiger partial charge >= 0.3 is 0 Å². The minimum atomic E-state index is 0.0144. The van der Waals surface area contributed by atoms with Crippen LogP contribution in [0.5, 0.6) is 0 Å². The summed E-state index contributed by atoms with van der Waals surface area (Å²) in [4.78, 5) is 23.0. The van der Waals surface area contributed by atoms with Gasteiger partial charge in [0.25, 0.3) is 5.56 Å². The van der Waals surface area contributed by atoms with Crippen LogP contribution in [0.2, 0.25) is 0 Å². The van der Waals surface area contributed by atoms with Crippen molar-refractivity contribution in [1.82, 2.24) is 19.7 Å². The van der Waals surface area contributed by atoms with Gasteiger partial charge in [0.05, 0.1) is 15.8 Å². The molecule has 0 bridgehead atoms. The van der Waals surface area contributed by atoms with Crippen LogP contribution in [-0.4, -0.2) is 25.4 Å². The number of hydrogen-bond donors (Lipinski definition) is 0. The Hall–Kier alpha value is -2.45. The zero-order valence-electron chi connectivity index (χ0n) is 15.7. The molecule has 0 spiro atoms. The first-order chi connectivity index (χ1) is 13.6. The second kappa shape index (κ2) is 8.28. The number of thiophene rings is 1. The second-order valence-corrected chi connectivity index (χ2v) is 8.63. The maximum absolute atomic E-state index is 12.8. The average Bonchev–Trinajstić information content (AvgIpc) is 3.36. The fourth-order valence-corrected chi connectivity index (χ4v) is 4.65. The van der Waals surface area contributed by atoms with Crippen LogP contribution in [0, 0.1) is 0 Å². The molecule has 3 aromatic heterocycles. The van der Waals surface area contributed by atoms with Crippen molar-refractivity contribution in [2.75, 3.05) is 5.75 Å². The van der Waals surface area contributed by atoms with Gasteiger partial charge in [0.15, 0.2) is 5.16 Å². The van der Waals surface area contributed by atoms with Crippen LogP contribution in [0.4, 0.5) is 0 Å². The number of para-hydroxylation sites is 1. The van der Waals surface area contributed by atoms with Crippen molar-refractivity contribution in [3.8, 4) is 10.7 Å². The lowest BCUT2D eigenvalue weighted by Crippen LogP contribution is -2.25. The van der Waals surface area contributed by atoms with E-state index in [9.17, 15) is 4.79 Å². The molecule has 1 aromatic carbocycles. The number of fused-ring (bicyclic) bond motifs is 1. The summed E-state index contributed by atoms with van der Waals surface area (Å²) in [5.41, 5.74) is 0.755. The molecule has 0 atom stereocenters. The third-order valence-corrected chi connectivity index (χ3v) is 6.17. The number of aryl methyl sites for hydroxylation is 1. The van der Waals surface area contributed by atoms with Crippen LogP contribution < -0.4 is 5.56 Å². The molecule has 6 nitrogen and oxygen atoms in total. The van der Waals surface area contributed by atoms with E-state index in [1.54, 1.807) is 27.7 Å². The zero-order chi connectivity index (χ0) is 19.5. The second-order valence-electron chi connectivity index (χ2n) is 6.62. The summed E-state index contributed by atoms with van der Waals surface area (Å²) < 4.78 is 7.12. The van der Waals surface area contributed by atoms with Gasteiger partial charge in [0.2, 0.25) is 11.7 Å². The molecule has 0 aliphatic rings. The van der Waals surface area contributed by atoms with Gasteiger partial charge in [0, 0.05) is 18.2 Å². The summed E-state index contributed by atoms with van der Waals surface area (Å²) in [7, 11) is 0. The lowest BCUT2D eigenvalue weighted by molar-refractivity contribution is 0.378. The molecule has 8 heteroatoms. The molecule has 3 heterocycles. The summed E-state index contributed by atoms with van der Waals surface area (Å²) in [5.74, 6) is 2.09. The summed E-state index contributed by atoms with van der Waals surface area (Å²) in [6.07, 6.45) is 1.56. The Morgan fingerprint density at radius 3 is 2.82 bits per heavy atom. The Morgan fingerprint density at radius 1 is 1.18 bits per heavy atom. The third-order valence-electron chi connectivity index (χ3n) is 4.27. The highest BCUT2D eigenvalue weighted by atomic mass is 32.2. The maximum Gasteiger partial charge on any atom is 0.262 e. The highest BCUT2D eigenvalue weighted by Crippen LogP contribution is 2.23. The molecule has 0 saturated heterocycles. The molecular formula is C20H20N4O2S2. The van der Waals surface area contributed by atoms with Crippen molar-refractivity contribution in [3.05, 3.63) is 58.0 Å². The Labute approximate surface area is 170 Å². The van der Waals surface area contributed by atoms with Gasteiger partial charge in [-0.15, -0.1) is 11.3 Å². The number of benzene rings is 1. The molecule has 0 aliphatic carbocycles. The summed E-state index contributed by atoms with van der Waals surface area (Å²) in [6.45, 7) is 4.01. The Kier molecular flexibility index (Phi) is 5.59. The quantitative estimate of drug-likeness (QED) is 0.246. The van der Waals surface area contributed by atoms with Crippen molar-refractivity contribution in [2.45, 2.75) is 37.9 Å². The zero-order valence-corrected chi connectivity index (χ0v) is 17.3. The van der Waals surface area contributed by atoms with Crippen LogP contribution in [0.1, 0.15) is 32.2 Å². The first kappa shape index (κ1) is 18.9. The molecule has 4 aromatic rings. The number of thioether (sulfide) groups is 1. The van der Waals surface area contributed by atoms with Gasteiger partial charge < -0.3 is 4.52 Å². The minimum absolute atomic E-state index is 0.0144. The highest BCUT2D eigenvalue weighted by molar-refractivity contribution is 7.99. The summed E-state index contributed by atoms with van der Waals surface area (Å²) in [6, 6.07) is 11.5. The predicted molar refractivity (Wildman–Crippen MR) is 113 cm³/mol. The molecule has 0 amide bonds. The van der Waals surface area contributed by atoms with Crippen molar-refractivity contribution in [1.29, 1.82) is 0 Å². The molecular weight excluding hydrogens is 392 g/mol. The van der Waals surface area contributed by atoms with Crippen LogP contribution in [0.15, 0.2) is 56.3 Å². The lowest BCUT2D eigenvalue weighted by Gasteiger charge is -2.15. The van der Waals surface area contributed by atoms with Gasteiger partial charge in [-0.25, -0.2) is 4.98 Å². The first-order valence-corrected chi connectivity index (χ1v) is 11.0. The van der Waals surface area contributed by atoms with E-state index in [-0.39, 0.29) is 11.6 Å². The van der Waals surface area contributed by atoms with Crippen molar-refractivity contribution >= 4 is 34.0 Å². The van der Waals surface area contributed by atoms with E-state index in [0.29, 0.717) is 23.5 Å². The summed E-state index contributed by atoms with van der Waals surface area (Å²) >= 11 is 3.18. The molecule has 28 heavy (non-hydrogen) atoms. The molecule has 0 fully saturated rings. The summed E-state index contributed by atoms with van der Waals surface area (Å²) in [5, 5.41) is 7.44. The van der Waals surface area contributed by atoms with E-state index in [4.69, 9.17) is 9.51 Å². The Balaban J connectivity index is 1.44. The topological polar surface area (TPSA) is 73.8 Å². The van der Waals surface area contributed by atoms with Crippen LogP contribution in [0.25, 0.3) is 21.6 Å². The molecule has 4 rings (SSSR count). The van der Waals surface area contributed by atoms with Gasteiger partial charge in [-0.3, -0.25) is 9.36 Å². The van der Waals surface area contributed by atoms with Gasteiger partial charge in [-0.2, -0.15) is 4.98 Å². The van der Waals surface area contributed by atoms with E-state index < -0.39 is 0 Å². The van der Waals surface area contributed by atoms with E-state index in [1.807, 2.05) is 55.6 Å². The average molecular weight is 413 g/mol. The van der Waals surface area contributed by atoms with E-state index in [2.05, 4.69) is 10.1 Å². The smallest absolute Gasteiger partial charge is 0.262 e. The molecule has 0 unspecified atom stereocenters. The minimum Gasteiger partial charge on any atom is -0.339 e. The van der Waals surface area contributed by atoms with Gasteiger partial charge in [-0.05, 0) is 43.8 Å². The van der Waals surface area contributed by atoms with E-state index in [1.165, 1.54) is 0 Å². The van der Waals surface area contributed by atoms with Crippen molar-refractivity contribution < 1.29 is 4.52 Å². The molecule has 144 valence electrons. The number of hydrogen-bond acceptors (Lipinski definition) is 7. The Bertz CT molecular complexity index is 1130. The van der Waals surface area contributed by atoms with Crippen molar-refractivity contribution in [2.24, 2.45) is 0 Å². The maximum atomic E-state index is 12.8. The number of nitrogens with zero attached hydrogens (tertiary/aromatic N) is 4. The fourth-order valence-electron chi connectivity index (χ4n) is 2.93. The monoisotopic (exact) mass is 412 g/mol. The standard InChI is InChI=1S/C20H20N4O2S2/c1-13(2)24-19(25)14-7-3-4-8-15(14)21-20(24)28-12-6-10-17-22-18(23-26-17)16-9-5-11-27-16/h3-5,7-9,11,13H,6,10,12H2,1-2H3. The predicted octanol–water partition coefficient (Wildman–Crippen LogP) is 4.81. The van der Waals surface area contributed by atoms with E-state index in [0.717, 1.165) is 27.7 Å². The highest BCUT2D eigenvalue weighted by Gasteiger charge is 2.14. The van der Waals surface area contributed by atoms with Crippen LogP contribution >= 0.6 is 23.1 Å². The van der Waals surface area contributed by atoms with Crippen LogP contribution in [0.3, 0.4) is 0 Å². The molecule has 0 aliphatic heterocycles. The molecule has 0 saturated carbocycles. The molecule has 0 radical (unpaired) electrons. The Morgan fingerprint density at radius 2 is 2.04 bits per heavy atom. The first-order valence-electron chi connectivity index (χ1n) is 9.14. The largest absolute Gasteiger partial charge is 0.339 e. The van der Waals surface area contributed by atoms with Gasteiger partial charge in [0.1, 0.15) is 0 Å². The molecule has 0 N–H and O–H groups in total. The van der Waals surface area contributed by atoms with Crippen LogP contribution in [-0.2, 0) is 6.42 Å². The number of aromatic nitrogens is 4. The fraction of sp³-hybridized carbons (Fsp3) is 0.300. The SMILES string of the molecule is CC(C)n1c(SCCCc2nc(-c3cccs3)no2)nc2ccccc2c1=O. The normalized spacial score (nSPS) is 11.5. The van der Waals surface area contributed by atoms with Gasteiger partial charge in [-0.1, -0.05) is 35.1 Å². The number of rotatable bonds is 7. The third kappa shape index (κ3) is 3.88. The lowest BCUT2D eigenvalue weighted by atomic mass is 10.2. The van der Waals surface area contributed by atoms with E-state index >= 15 is 0 Å².